The first-order valence-electron chi connectivity index (χ1n) is 10.7. The normalized spacial score (nSPS) is 13.9. The molecule has 8 heteroatoms. The second-order valence-corrected chi connectivity index (χ2v) is 10.8. The Morgan fingerprint density at radius 1 is 1.00 bits per heavy atom. The van der Waals surface area contributed by atoms with Gasteiger partial charge in [-0.15, -0.1) is 0 Å². The van der Waals surface area contributed by atoms with Crippen molar-refractivity contribution in [2.45, 2.75) is 37.1 Å². The molecule has 1 aliphatic rings. The minimum absolute atomic E-state index is 0.0653. The number of carbonyl (C=O) groups excluding carboxylic acids is 1. The van der Waals surface area contributed by atoms with E-state index in [-0.39, 0.29) is 21.6 Å². The van der Waals surface area contributed by atoms with E-state index in [1.54, 1.807) is 24.3 Å². The van der Waals surface area contributed by atoms with Crippen LogP contribution in [0.25, 0.3) is 0 Å². The average molecular weight is 503 g/mol. The molecular formula is C25H24Cl2N2O3S. The Labute approximate surface area is 204 Å². The third-order valence-corrected chi connectivity index (χ3v) is 8.11. The quantitative estimate of drug-likeness (QED) is 0.460. The van der Waals surface area contributed by atoms with Crippen molar-refractivity contribution in [3.05, 3.63) is 93.5 Å². The van der Waals surface area contributed by atoms with Crippen molar-refractivity contribution in [3.8, 4) is 0 Å². The summed E-state index contributed by atoms with van der Waals surface area (Å²) in [6.07, 6.45) is 3.28. The van der Waals surface area contributed by atoms with Crippen LogP contribution in [0.5, 0.6) is 0 Å². The largest absolute Gasteiger partial charge is 0.348 e. The maximum atomic E-state index is 13.4. The van der Waals surface area contributed by atoms with E-state index in [1.807, 2.05) is 13.0 Å². The average Bonchev–Trinajstić information content (AvgIpc) is 3.26. The van der Waals surface area contributed by atoms with E-state index in [1.165, 1.54) is 35.4 Å². The highest BCUT2D eigenvalue weighted by Gasteiger charge is 2.29. The summed E-state index contributed by atoms with van der Waals surface area (Å²) in [6, 6.07) is 18.4. The van der Waals surface area contributed by atoms with E-state index in [2.05, 4.69) is 17.4 Å². The fourth-order valence-corrected chi connectivity index (χ4v) is 6.09. The van der Waals surface area contributed by atoms with E-state index in [4.69, 9.17) is 23.2 Å². The van der Waals surface area contributed by atoms with Crippen molar-refractivity contribution in [2.24, 2.45) is 0 Å². The third kappa shape index (κ3) is 5.18. The van der Waals surface area contributed by atoms with Crippen molar-refractivity contribution in [1.29, 1.82) is 0 Å². The van der Waals surface area contributed by atoms with Crippen molar-refractivity contribution in [1.82, 2.24) is 5.32 Å². The molecule has 0 saturated heterocycles. The topological polar surface area (TPSA) is 66.5 Å². The highest BCUT2D eigenvalue weighted by Crippen LogP contribution is 2.33. The van der Waals surface area contributed by atoms with Crippen LogP contribution in [0, 0.1) is 0 Å². The number of nitrogens with one attached hydrogen (secondary N) is 1. The van der Waals surface area contributed by atoms with Gasteiger partial charge < -0.3 is 5.32 Å². The Bertz CT molecular complexity index is 1280. The Hall–Kier alpha value is -2.54. The van der Waals surface area contributed by atoms with E-state index < -0.39 is 22.5 Å². The van der Waals surface area contributed by atoms with Gasteiger partial charge in [-0.3, -0.25) is 9.10 Å². The number of benzene rings is 3. The Balaban J connectivity index is 1.60. The van der Waals surface area contributed by atoms with Gasteiger partial charge in [-0.05, 0) is 73.2 Å². The number of nitrogens with zero attached hydrogens (tertiary/aromatic N) is 1. The maximum absolute atomic E-state index is 13.4. The molecule has 1 amide bonds. The Kier molecular flexibility index (Phi) is 6.98. The van der Waals surface area contributed by atoms with E-state index in [9.17, 15) is 13.2 Å². The predicted molar refractivity (Wildman–Crippen MR) is 132 cm³/mol. The van der Waals surface area contributed by atoms with Crippen LogP contribution in [0.2, 0.25) is 10.0 Å². The first-order valence-corrected chi connectivity index (χ1v) is 12.9. The lowest BCUT2D eigenvalue weighted by molar-refractivity contribution is -0.120. The summed E-state index contributed by atoms with van der Waals surface area (Å²) in [7, 11) is -4.05. The number of sulfonamides is 1. The molecule has 1 N–H and O–H groups in total. The van der Waals surface area contributed by atoms with Gasteiger partial charge in [-0.2, -0.15) is 0 Å². The molecule has 3 aromatic rings. The lowest BCUT2D eigenvalue weighted by Gasteiger charge is -2.26. The summed E-state index contributed by atoms with van der Waals surface area (Å²) in [4.78, 5) is 13.1. The zero-order valence-corrected chi connectivity index (χ0v) is 20.4. The van der Waals surface area contributed by atoms with E-state index in [0.717, 1.165) is 29.1 Å². The number of rotatable bonds is 7. The van der Waals surface area contributed by atoms with Crippen LogP contribution < -0.4 is 9.62 Å². The lowest BCUT2D eigenvalue weighted by Crippen LogP contribution is -2.41. The van der Waals surface area contributed by atoms with Gasteiger partial charge in [0.2, 0.25) is 5.91 Å². The van der Waals surface area contributed by atoms with Crippen molar-refractivity contribution < 1.29 is 13.2 Å². The number of carbonyl (C=O) groups is 1. The number of anilines is 1. The molecule has 0 saturated carbocycles. The zero-order chi connectivity index (χ0) is 23.6. The van der Waals surface area contributed by atoms with Crippen LogP contribution in [0.4, 0.5) is 5.69 Å². The highest BCUT2D eigenvalue weighted by molar-refractivity contribution is 7.92. The number of fused-ring (bicyclic) bond motifs is 1. The minimum atomic E-state index is -4.05. The SMILES string of the molecule is CC(NC(=O)CN(c1ccc(Cl)cc1Cl)S(=O)(=O)c1ccccc1)c1ccc2c(c1)CCC2. The molecule has 4 rings (SSSR count). The molecule has 0 aromatic heterocycles. The standard InChI is InChI=1S/C25H24Cl2N2O3S/c1-17(19-11-10-18-6-5-7-20(18)14-19)28-25(30)16-29(24-13-12-21(26)15-23(24)27)33(31,32)22-8-3-2-4-9-22/h2-4,8-15,17H,5-7,16H2,1H3,(H,28,30). The van der Waals surface area contributed by atoms with Gasteiger partial charge in [0.15, 0.2) is 0 Å². The molecule has 0 bridgehead atoms. The molecule has 0 spiro atoms. The van der Waals surface area contributed by atoms with Gasteiger partial charge in [0.05, 0.1) is 21.6 Å². The zero-order valence-electron chi connectivity index (χ0n) is 18.1. The van der Waals surface area contributed by atoms with Gasteiger partial charge in [0, 0.05) is 5.02 Å². The van der Waals surface area contributed by atoms with E-state index >= 15 is 0 Å². The first kappa shape index (κ1) is 23.6. The van der Waals surface area contributed by atoms with Gasteiger partial charge in [0.1, 0.15) is 6.54 Å². The maximum Gasteiger partial charge on any atom is 0.264 e. The number of aryl methyl sites for hydroxylation is 2. The van der Waals surface area contributed by atoms with Gasteiger partial charge >= 0.3 is 0 Å². The van der Waals surface area contributed by atoms with E-state index in [0.29, 0.717) is 5.02 Å². The summed E-state index contributed by atoms with van der Waals surface area (Å²) in [5.74, 6) is -0.437. The molecule has 1 unspecified atom stereocenters. The number of amides is 1. The summed E-state index contributed by atoms with van der Waals surface area (Å²) in [5.41, 5.74) is 3.85. The monoisotopic (exact) mass is 502 g/mol. The van der Waals surface area contributed by atoms with Gasteiger partial charge in [-0.1, -0.05) is 59.6 Å². The second kappa shape index (κ2) is 9.75. The van der Waals surface area contributed by atoms with Crippen LogP contribution in [-0.2, 0) is 27.7 Å². The predicted octanol–water partition coefficient (Wildman–Crippen LogP) is 5.55. The van der Waals surface area contributed by atoms with Crippen molar-refractivity contribution in [2.75, 3.05) is 10.8 Å². The molecular weight excluding hydrogens is 479 g/mol. The highest BCUT2D eigenvalue weighted by atomic mass is 35.5. The molecule has 1 atom stereocenters. The Morgan fingerprint density at radius 2 is 1.73 bits per heavy atom. The first-order chi connectivity index (χ1) is 15.8. The van der Waals surface area contributed by atoms with Crippen LogP contribution in [0.3, 0.4) is 0 Å². The van der Waals surface area contributed by atoms with Crippen LogP contribution in [-0.4, -0.2) is 20.9 Å². The van der Waals surface area contributed by atoms with Gasteiger partial charge in [0.25, 0.3) is 10.0 Å². The minimum Gasteiger partial charge on any atom is -0.348 e. The number of halogens is 2. The number of hydrogen-bond donors (Lipinski definition) is 1. The summed E-state index contributed by atoms with van der Waals surface area (Å²) >= 11 is 12.3. The molecule has 0 radical (unpaired) electrons. The molecule has 1 aliphatic carbocycles. The molecule has 0 fully saturated rings. The third-order valence-electron chi connectivity index (χ3n) is 5.80. The lowest BCUT2D eigenvalue weighted by atomic mass is 10.0. The smallest absolute Gasteiger partial charge is 0.264 e. The molecule has 0 heterocycles. The summed E-state index contributed by atoms with van der Waals surface area (Å²) in [5, 5.41) is 3.44. The molecule has 5 nitrogen and oxygen atoms in total. The second-order valence-electron chi connectivity index (χ2n) is 8.09. The molecule has 0 aliphatic heterocycles. The van der Waals surface area contributed by atoms with Crippen LogP contribution in [0.1, 0.15) is 36.1 Å². The fraction of sp³-hybridized carbons (Fsp3) is 0.240. The summed E-state index contributed by atoms with van der Waals surface area (Å²) < 4.78 is 27.9. The van der Waals surface area contributed by atoms with Gasteiger partial charge in [-0.25, -0.2) is 8.42 Å². The molecule has 3 aromatic carbocycles. The molecule has 172 valence electrons. The number of hydrogen-bond acceptors (Lipinski definition) is 3. The fourth-order valence-electron chi connectivity index (χ4n) is 4.06. The van der Waals surface area contributed by atoms with Crippen molar-refractivity contribution >= 4 is 44.8 Å². The van der Waals surface area contributed by atoms with Crippen molar-refractivity contribution in [3.63, 3.8) is 0 Å². The van der Waals surface area contributed by atoms with Crippen LogP contribution >= 0.6 is 23.2 Å². The van der Waals surface area contributed by atoms with Crippen LogP contribution in [0.15, 0.2) is 71.6 Å². The molecule has 33 heavy (non-hydrogen) atoms. The Morgan fingerprint density at radius 3 is 2.45 bits per heavy atom. The summed E-state index contributed by atoms with van der Waals surface area (Å²) in [6.45, 7) is 1.47.